The van der Waals surface area contributed by atoms with Gasteiger partial charge in [0.2, 0.25) is 10.0 Å². The van der Waals surface area contributed by atoms with E-state index in [1.807, 2.05) is 0 Å². The monoisotopic (exact) mass is 299 g/mol. The maximum atomic E-state index is 11.9. The van der Waals surface area contributed by atoms with Crippen LogP contribution in [0.25, 0.3) is 0 Å². The molecule has 0 heterocycles. The Morgan fingerprint density at radius 3 is 2.55 bits per heavy atom. The summed E-state index contributed by atoms with van der Waals surface area (Å²) in [5.41, 5.74) is 0.896. The van der Waals surface area contributed by atoms with Crippen LogP contribution >= 0.6 is 0 Å². The number of aryl methyl sites for hydroxylation is 1. The molecule has 112 valence electrons. The Balaban J connectivity index is 2.77. The Morgan fingerprint density at radius 1 is 1.35 bits per heavy atom. The van der Waals surface area contributed by atoms with Gasteiger partial charge >= 0.3 is 5.97 Å². The molecule has 0 radical (unpaired) electrons. The predicted molar refractivity (Wildman–Crippen MR) is 76.9 cm³/mol. The lowest BCUT2D eigenvalue weighted by molar-refractivity contribution is 0.0493. The molecule has 0 saturated heterocycles. The molecule has 0 aliphatic heterocycles. The van der Waals surface area contributed by atoms with Gasteiger partial charge in [0.15, 0.2) is 0 Å². The first-order valence-electron chi connectivity index (χ1n) is 6.52. The molecule has 0 aliphatic rings. The third kappa shape index (κ3) is 4.94. The number of primary sulfonamides is 1. The van der Waals surface area contributed by atoms with Crippen molar-refractivity contribution < 1.29 is 17.9 Å². The molecular weight excluding hydrogens is 278 g/mol. The van der Waals surface area contributed by atoms with Crippen LogP contribution in [0.15, 0.2) is 23.1 Å². The van der Waals surface area contributed by atoms with Crippen molar-refractivity contribution in [2.75, 3.05) is 6.61 Å². The maximum absolute atomic E-state index is 11.9. The summed E-state index contributed by atoms with van der Waals surface area (Å²) in [6.45, 7) is 6.25. The first-order valence-corrected chi connectivity index (χ1v) is 8.07. The van der Waals surface area contributed by atoms with Gasteiger partial charge in [-0.1, -0.05) is 19.9 Å². The summed E-state index contributed by atoms with van der Waals surface area (Å²) in [5, 5.41) is 5.05. The zero-order valence-corrected chi connectivity index (χ0v) is 12.9. The number of benzene rings is 1. The quantitative estimate of drug-likeness (QED) is 0.644. The fourth-order valence-corrected chi connectivity index (χ4v) is 2.27. The summed E-state index contributed by atoms with van der Waals surface area (Å²) in [7, 11) is -3.82. The van der Waals surface area contributed by atoms with Gasteiger partial charge in [-0.2, -0.15) is 0 Å². The van der Waals surface area contributed by atoms with Crippen LogP contribution < -0.4 is 5.14 Å². The lowest BCUT2D eigenvalue weighted by atomic mass is 10.1. The molecule has 0 amide bonds. The van der Waals surface area contributed by atoms with Crippen molar-refractivity contribution in [1.29, 1.82) is 0 Å². The van der Waals surface area contributed by atoms with Crippen molar-refractivity contribution in [3.63, 3.8) is 0 Å². The lowest BCUT2D eigenvalue weighted by Gasteiger charge is -2.09. The number of hydrogen-bond donors (Lipinski definition) is 1. The summed E-state index contributed by atoms with van der Waals surface area (Å²) < 4.78 is 27.7. The summed E-state index contributed by atoms with van der Waals surface area (Å²) in [5.74, 6) is 0.0397. The number of sulfonamides is 1. The lowest BCUT2D eigenvalue weighted by Crippen LogP contribution is -2.15. The van der Waals surface area contributed by atoms with Crippen LogP contribution in [0.4, 0.5) is 0 Å². The van der Waals surface area contributed by atoms with E-state index in [4.69, 9.17) is 9.88 Å². The first kappa shape index (κ1) is 16.7. The molecule has 5 nitrogen and oxygen atoms in total. The predicted octanol–water partition coefficient (Wildman–Crippen LogP) is 2.24. The SMILES string of the molecule is Cc1ccc(S(N)(=O)=O)cc1C(=O)OCCCC(C)C. The van der Waals surface area contributed by atoms with E-state index < -0.39 is 16.0 Å². The Labute approximate surface area is 120 Å². The number of hydrogen-bond acceptors (Lipinski definition) is 4. The second kappa shape index (κ2) is 6.85. The molecule has 20 heavy (non-hydrogen) atoms. The third-order valence-corrected chi connectivity index (χ3v) is 3.83. The Hall–Kier alpha value is -1.40. The first-order chi connectivity index (χ1) is 9.21. The molecule has 2 N–H and O–H groups in total. The van der Waals surface area contributed by atoms with E-state index in [2.05, 4.69) is 13.8 Å². The molecule has 1 aromatic rings. The Morgan fingerprint density at radius 2 is 2.00 bits per heavy atom. The largest absolute Gasteiger partial charge is 0.462 e. The van der Waals surface area contributed by atoms with E-state index in [0.717, 1.165) is 12.8 Å². The number of carbonyl (C=O) groups excluding carboxylic acids is 1. The number of nitrogens with two attached hydrogens (primary N) is 1. The van der Waals surface area contributed by atoms with Crippen LogP contribution in [0.3, 0.4) is 0 Å². The number of carbonyl (C=O) groups is 1. The summed E-state index contributed by atoms with van der Waals surface area (Å²) in [6, 6.07) is 4.18. The second-order valence-corrected chi connectivity index (χ2v) is 6.76. The zero-order valence-electron chi connectivity index (χ0n) is 12.0. The Kier molecular flexibility index (Phi) is 5.71. The van der Waals surface area contributed by atoms with Gasteiger partial charge in [-0.05, 0) is 43.4 Å². The van der Waals surface area contributed by atoms with E-state index >= 15 is 0 Å². The molecule has 0 fully saturated rings. The summed E-state index contributed by atoms with van der Waals surface area (Å²) >= 11 is 0. The van der Waals surface area contributed by atoms with E-state index in [0.29, 0.717) is 18.1 Å². The Bertz CT molecular complexity index is 579. The molecule has 0 atom stereocenters. The molecular formula is C14H21NO4S. The standard InChI is InChI=1S/C14H21NO4S/c1-10(2)5-4-8-19-14(16)13-9-12(20(15,17)18)7-6-11(13)3/h6-7,9-10H,4-5,8H2,1-3H3,(H2,15,17,18). The normalized spacial score (nSPS) is 11.7. The zero-order chi connectivity index (χ0) is 15.3. The average Bonchev–Trinajstić information content (AvgIpc) is 2.33. The van der Waals surface area contributed by atoms with Gasteiger partial charge in [0.25, 0.3) is 0 Å². The van der Waals surface area contributed by atoms with Gasteiger partial charge < -0.3 is 4.74 Å². The van der Waals surface area contributed by atoms with Crippen molar-refractivity contribution in [2.24, 2.45) is 11.1 Å². The number of ether oxygens (including phenoxy) is 1. The summed E-state index contributed by atoms with van der Waals surface area (Å²) in [4.78, 5) is 11.8. The van der Waals surface area contributed by atoms with Gasteiger partial charge in [-0.15, -0.1) is 0 Å². The van der Waals surface area contributed by atoms with E-state index in [9.17, 15) is 13.2 Å². The molecule has 0 bridgehead atoms. The molecule has 0 unspecified atom stereocenters. The maximum Gasteiger partial charge on any atom is 0.338 e. The third-order valence-electron chi connectivity index (χ3n) is 2.92. The van der Waals surface area contributed by atoms with E-state index in [-0.39, 0.29) is 10.5 Å². The van der Waals surface area contributed by atoms with Crippen LogP contribution in [0.1, 0.15) is 42.6 Å². The minimum Gasteiger partial charge on any atom is -0.462 e. The van der Waals surface area contributed by atoms with Gasteiger partial charge in [0.05, 0.1) is 17.1 Å². The number of esters is 1. The van der Waals surface area contributed by atoms with Crippen molar-refractivity contribution in [3.05, 3.63) is 29.3 Å². The van der Waals surface area contributed by atoms with Crippen molar-refractivity contribution >= 4 is 16.0 Å². The highest BCUT2D eigenvalue weighted by atomic mass is 32.2. The average molecular weight is 299 g/mol. The van der Waals surface area contributed by atoms with Crippen LogP contribution in [-0.2, 0) is 14.8 Å². The fraction of sp³-hybridized carbons (Fsp3) is 0.500. The van der Waals surface area contributed by atoms with Crippen LogP contribution in [0, 0.1) is 12.8 Å². The molecule has 0 saturated carbocycles. The highest BCUT2D eigenvalue weighted by molar-refractivity contribution is 7.89. The molecule has 0 spiro atoms. The summed E-state index contributed by atoms with van der Waals surface area (Å²) in [6.07, 6.45) is 1.76. The van der Waals surface area contributed by atoms with E-state index in [1.54, 1.807) is 13.0 Å². The minimum atomic E-state index is -3.82. The topological polar surface area (TPSA) is 86.5 Å². The van der Waals surface area contributed by atoms with Gasteiger partial charge in [0.1, 0.15) is 0 Å². The molecule has 6 heteroatoms. The van der Waals surface area contributed by atoms with Crippen LogP contribution in [-0.4, -0.2) is 21.0 Å². The van der Waals surface area contributed by atoms with Crippen molar-refractivity contribution in [2.45, 2.75) is 38.5 Å². The molecule has 1 rings (SSSR count). The highest BCUT2D eigenvalue weighted by Crippen LogP contribution is 2.16. The second-order valence-electron chi connectivity index (χ2n) is 5.19. The fourth-order valence-electron chi connectivity index (χ4n) is 1.73. The van der Waals surface area contributed by atoms with Crippen molar-refractivity contribution in [3.8, 4) is 0 Å². The molecule has 1 aromatic carbocycles. The minimum absolute atomic E-state index is 0.0859. The molecule has 0 aliphatic carbocycles. The number of rotatable bonds is 6. The molecule has 0 aromatic heterocycles. The van der Waals surface area contributed by atoms with Gasteiger partial charge in [-0.3, -0.25) is 0 Å². The highest BCUT2D eigenvalue weighted by Gasteiger charge is 2.15. The van der Waals surface area contributed by atoms with Crippen molar-refractivity contribution in [1.82, 2.24) is 0 Å². The van der Waals surface area contributed by atoms with Gasteiger partial charge in [0, 0.05) is 0 Å². The smallest absolute Gasteiger partial charge is 0.338 e. The van der Waals surface area contributed by atoms with Crippen LogP contribution in [0.2, 0.25) is 0 Å². The van der Waals surface area contributed by atoms with E-state index in [1.165, 1.54) is 12.1 Å². The van der Waals surface area contributed by atoms with Gasteiger partial charge in [-0.25, -0.2) is 18.4 Å². The van der Waals surface area contributed by atoms with Crippen LogP contribution in [0.5, 0.6) is 0 Å².